The maximum atomic E-state index is 13.1. The molecule has 6 nitrogen and oxygen atoms in total. The summed E-state index contributed by atoms with van der Waals surface area (Å²) in [5.74, 6) is -1.61. The van der Waals surface area contributed by atoms with E-state index in [2.05, 4.69) is 6.58 Å². The van der Waals surface area contributed by atoms with Crippen molar-refractivity contribution in [3.8, 4) is 0 Å². The molecule has 33 heavy (non-hydrogen) atoms. The monoisotopic (exact) mass is 490 g/mol. The molecule has 1 aliphatic carbocycles. The molecule has 178 valence electrons. The predicted molar refractivity (Wildman–Crippen MR) is 127 cm³/mol. The lowest BCUT2D eigenvalue weighted by molar-refractivity contribution is -0.146. The second-order valence-corrected chi connectivity index (χ2v) is 12.7. The Bertz CT molecular complexity index is 1090. The van der Waals surface area contributed by atoms with Gasteiger partial charge in [0.1, 0.15) is 6.10 Å². The van der Waals surface area contributed by atoms with Gasteiger partial charge in [-0.3, -0.25) is 0 Å². The molecule has 3 rings (SSSR count). The van der Waals surface area contributed by atoms with Crippen molar-refractivity contribution in [1.82, 2.24) is 0 Å². The standard InChI is InChI=1S/C25H30O6S2/c1-19(2)25(26)31-22-15-13-20(14-16-22)21(17-32(27,28)23-9-5-3-6-10-23)18-33(29,30)24-11-7-4-8-12-24/h3-12,20-22H,1,13-18H2,2H3. The second-order valence-electron chi connectivity index (χ2n) is 8.67. The minimum Gasteiger partial charge on any atom is -0.459 e. The molecule has 2 aromatic carbocycles. The first kappa shape index (κ1) is 25.2. The molecule has 0 aromatic heterocycles. The van der Waals surface area contributed by atoms with Crippen LogP contribution in [0.5, 0.6) is 0 Å². The Morgan fingerprint density at radius 2 is 1.27 bits per heavy atom. The molecule has 0 amide bonds. The van der Waals surface area contributed by atoms with Gasteiger partial charge in [-0.05, 0) is 68.7 Å². The van der Waals surface area contributed by atoms with Crippen LogP contribution >= 0.6 is 0 Å². The minimum atomic E-state index is -3.67. The molecule has 2 aromatic rings. The first-order valence-corrected chi connectivity index (χ1v) is 14.3. The molecule has 0 radical (unpaired) electrons. The molecule has 1 aliphatic rings. The lowest BCUT2D eigenvalue weighted by Gasteiger charge is -2.33. The van der Waals surface area contributed by atoms with Gasteiger partial charge in [-0.1, -0.05) is 43.0 Å². The van der Waals surface area contributed by atoms with Gasteiger partial charge < -0.3 is 4.74 Å². The molecule has 8 heteroatoms. The van der Waals surface area contributed by atoms with Crippen molar-refractivity contribution in [2.75, 3.05) is 11.5 Å². The molecule has 0 saturated heterocycles. The fraction of sp³-hybridized carbons (Fsp3) is 0.400. The van der Waals surface area contributed by atoms with E-state index >= 15 is 0 Å². The van der Waals surface area contributed by atoms with E-state index in [9.17, 15) is 21.6 Å². The molecule has 0 aliphatic heterocycles. The lowest BCUT2D eigenvalue weighted by atomic mass is 9.80. The van der Waals surface area contributed by atoms with Gasteiger partial charge in [-0.2, -0.15) is 0 Å². The van der Waals surface area contributed by atoms with Gasteiger partial charge >= 0.3 is 5.97 Å². The highest BCUT2D eigenvalue weighted by atomic mass is 32.2. The van der Waals surface area contributed by atoms with E-state index in [0.29, 0.717) is 31.3 Å². The SMILES string of the molecule is C=C(C)C(=O)OC1CCC(C(CS(=O)(=O)c2ccccc2)CS(=O)(=O)c2ccccc2)CC1. The van der Waals surface area contributed by atoms with Crippen molar-refractivity contribution in [3.63, 3.8) is 0 Å². The topological polar surface area (TPSA) is 94.6 Å². The number of carbonyl (C=O) groups is 1. The second kappa shape index (κ2) is 10.7. The van der Waals surface area contributed by atoms with Crippen LogP contribution in [-0.2, 0) is 29.2 Å². The van der Waals surface area contributed by atoms with Crippen LogP contribution in [-0.4, -0.2) is 40.4 Å². The molecular weight excluding hydrogens is 460 g/mol. The molecule has 0 spiro atoms. The number of ether oxygens (including phenoxy) is 1. The first-order valence-electron chi connectivity index (χ1n) is 11.0. The highest BCUT2D eigenvalue weighted by Gasteiger charge is 2.35. The molecular formula is C25H30O6S2. The van der Waals surface area contributed by atoms with Gasteiger partial charge in [0.15, 0.2) is 19.7 Å². The summed E-state index contributed by atoms with van der Waals surface area (Å²) in [7, 11) is -7.34. The molecule has 0 bridgehead atoms. The smallest absolute Gasteiger partial charge is 0.333 e. The number of esters is 1. The van der Waals surface area contributed by atoms with Crippen molar-refractivity contribution in [1.29, 1.82) is 0 Å². The minimum absolute atomic E-state index is 0.109. The highest BCUT2D eigenvalue weighted by Crippen LogP contribution is 2.35. The van der Waals surface area contributed by atoms with Crippen LogP contribution in [0.3, 0.4) is 0 Å². The van der Waals surface area contributed by atoms with Gasteiger partial charge in [-0.15, -0.1) is 0 Å². The quantitative estimate of drug-likeness (QED) is 0.386. The van der Waals surface area contributed by atoms with Crippen LogP contribution in [0.4, 0.5) is 0 Å². The van der Waals surface area contributed by atoms with E-state index in [1.807, 2.05) is 0 Å². The zero-order chi connectivity index (χ0) is 24.1. The molecule has 0 unspecified atom stereocenters. The van der Waals surface area contributed by atoms with Gasteiger partial charge in [0.25, 0.3) is 0 Å². The molecule has 0 N–H and O–H groups in total. The van der Waals surface area contributed by atoms with E-state index in [1.165, 1.54) is 24.3 Å². The summed E-state index contributed by atoms with van der Waals surface area (Å²) in [6.45, 7) is 5.18. The molecule has 1 fully saturated rings. The third-order valence-corrected chi connectivity index (χ3v) is 9.79. The molecule has 0 heterocycles. The third-order valence-electron chi connectivity index (χ3n) is 6.08. The summed E-state index contributed by atoms with van der Waals surface area (Å²) >= 11 is 0. The van der Waals surface area contributed by atoms with E-state index < -0.39 is 31.6 Å². The van der Waals surface area contributed by atoms with Crippen LogP contribution in [0, 0.1) is 11.8 Å². The van der Waals surface area contributed by atoms with Gasteiger partial charge in [0, 0.05) is 5.57 Å². The third kappa shape index (κ3) is 6.77. The number of carbonyl (C=O) groups excluding carboxylic acids is 1. The molecule has 0 atom stereocenters. The van der Waals surface area contributed by atoms with E-state index in [4.69, 9.17) is 4.74 Å². The zero-order valence-electron chi connectivity index (χ0n) is 18.7. The van der Waals surface area contributed by atoms with E-state index in [-0.39, 0.29) is 33.3 Å². The maximum Gasteiger partial charge on any atom is 0.333 e. The lowest BCUT2D eigenvalue weighted by Crippen LogP contribution is -2.34. The first-order chi connectivity index (χ1) is 15.6. The summed E-state index contributed by atoms with van der Waals surface area (Å²) in [6.07, 6.45) is 2.05. The average Bonchev–Trinajstić information content (AvgIpc) is 2.80. The van der Waals surface area contributed by atoms with Crippen molar-refractivity contribution in [2.24, 2.45) is 11.8 Å². The Balaban J connectivity index is 1.80. The Kier molecular flexibility index (Phi) is 8.13. The Morgan fingerprint density at radius 1 is 0.848 bits per heavy atom. The fourth-order valence-electron chi connectivity index (χ4n) is 4.26. The predicted octanol–water partition coefficient (Wildman–Crippen LogP) is 4.23. The number of sulfone groups is 2. The van der Waals surface area contributed by atoms with Gasteiger partial charge in [0.2, 0.25) is 0 Å². The summed E-state index contributed by atoms with van der Waals surface area (Å²) in [5, 5.41) is 0. The Labute approximate surface area is 196 Å². The van der Waals surface area contributed by atoms with Crippen LogP contribution in [0.2, 0.25) is 0 Å². The largest absolute Gasteiger partial charge is 0.459 e. The number of hydrogen-bond donors (Lipinski definition) is 0. The number of hydrogen-bond acceptors (Lipinski definition) is 6. The highest BCUT2D eigenvalue weighted by molar-refractivity contribution is 7.92. The van der Waals surface area contributed by atoms with Gasteiger partial charge in [0.05, 0.1) is 21.3 Å². The molecule has 1 saturated carbocycles. The summed E-state index contributed by atoms with van der Waals surface area (Å²) in [6, 6.07) is 16.2. The van der Waals surface area contributed by atoms with E-state index in [0.717, 1.165) is 0 Å². The van der Waals surface area contributed by atoms with E-state index in [1.54, 1.807) is 43.3 Å². The average molecular weight is 491 g/mol. The van der Waals surface area contributed by atoms with Crippen molar-refractivity contribution in [2.45, 2.75) is 48.5 Å². The number of benzene rings is 2. The van der Waals surface area contributed by atoms with Crippen LogP contribution in [0.1, 0.15) is 32.6 Å². The van der Waals surface area contributed by atoms with Crippen LogP contribution < -0.4 is 0 Å². The van der Waals surface area contributed by atoms with Crippen molar-refractivity contribution in [3.05, 3.63) is 72.8 Å². The normalized spacial score (nSPS) is 19.2. The van der Waals surface area contributed by atoms with Crippen LogP contribution in [0.25, 0.3) is 0 Å². The van der Waals surface area contributed by atoms with Crippen LogP contribution in [0.15, 0.2) is 82.6 Å². The zero-order valence-corrected chi connectivity index (χ0v) is 20.4. The fourth-order valence-corrected chi connectivity index (χ4v) is 7.85. The number of rotatable bonds is 9. The summed E-state index contributed by atoms with van der Waals surface area (Å²) in [5.41, 5.74) is 0.331. The van der Waals surface area contributed by atoms with Crippen molar-refractivity contribution < 1.29 is 26.4 Å². The van der Waals surface area contributed by atoms with Gasteiger partial charge in [-0.25, -0.2) is 21.6 Å². The Morgan fingerprint density at radius 3 is 1.67 bits per heavy atom. The summed E-state index contributed by atoms with van der Waals surface area (Å²) < 4.78 is 57.9. The summed E-state index contributed by atoms with van der Waals surface area (Å²) in [4.78, 5) is 12.2. The maximum absolute atomic E-state index is 13.1. The Hall–Kier alpha value is -2.45. The van der Waals surface area contributed by atoms with Crippen molar-refractivity contribution >= 4 is 25.6 Å².